The second-order valence-electron chi connectivity index (χ2n) is 5.17. The van der Waals surface area contributed by atoms with Crippen LogP contribution < -0.4 is 10.6 Å². The predicted octanol–water partition coefficient (Wildman–Crippen LogP) is 2.25. The lowest BCUT2D eigenvalue weighted by molar-refractivity contribution is 0.495. The number of nitrogens with one attached hydrogen (secondary N) is 1. The summed E-state index contributed by atoms with van der Waals surface area (Å²) in [5.41, 5.74) is 8.64. The number of aromatic nitrogens is 2. The topological polar surface area (TPSA) is 81.7 Å². The molecule has 0 unspecified atom stereocenters. The van der Waals surface area contributed by atoms with Crippen molar-refractivity contribution in [1.29, 1.82) is 5.26 Å². The summed E-state index contributed by atoms with van der Waals surface area (Å²) in [6, 6.07) is 11.9. The van der Waals surface area contributed by atoms with Gasteiger partial charge in [-0.3, -0.25) is 5.10 Å². The van der Waals surface area contributed by atoms with Crippen molar-refractivity contribution in [3.05, 3.63) is 41.6 Å². The highest BCUT2D eigenvalue weighted by molar-refractivity contribution is 5.50. The summed E-state index contributed by atoms with van der Waals surface area (Å²) >= 11 is 0. The fraction of sp³-hybridized carbons (Fsp3) is 0.333. The van der Waals surface area contributed by atoms with E-state index in [1.54, 1.807) is 0 Å². The molecule has 1 fully saturated rings. The highest BCUT2D eigenvalue weighted by Crippen LogP contribution is 2.30. The van der Waals surface area contributed by atoms with Gasteiger partial charge in [0, 0.05) is 30.8 Å². The van der Waals surface area contributed by atoms with Gasteiger partial charge < -0.3 is 10.6 Å². The number of anilines is 2. The number of H-pyrrole nitrogens is 1. The molecule has 20 heavy (non-hydrogen) atoms. The predicted molar refractivity (Wildman–Crippen MR) is 78.3 cm³/mol. The lowest BCUT2D eigenvalue weighted by atomic mass is 9.93. The van der Waals surface area contributed by atoms with Crippen molar-refractivity contribution < 1.29 is 0 Å². The van der Waals surface area contributed by atoms with E-state index in [1.807, 2.05) is 30.3 Å². The summed E-state index contributed by atoms with van der Waals surface area (Å²) in [7, 11) is 0. The van der Waals surface area contributed by atoms with Crippen LogP contribution in [0, 0.1) is 11.3 Å². The molecule has 1 saturated heterocycles. The Bertz CT molecular complexity index is 614. The fourth-order valence-corrected chi connectivity index (χ4v) is 2.74. The molecule has 0 saturated carbocycles. The van der Waals surface area contributed by atoms with E-state index in [0.717, 1.165) is 31.6 Å². The maximum Gasteiger partial charge on any atom is 0.119 e. The summed E-state index contributed by atoms with van der Waals surface area (Å²) in [6.07, 6.45) is 2.15. The molecule has 1 aromatic heterocycles. The minimum atomic E-state index is 0.484. The highest BCUT2D eigenvalue weighted by atomic mass is 15.2. The molecule has 5 nitrogen and oxygen atoms in total. The summed E-state index contributed by atoms with van der Waals surface area (Å²) in [4.78, 5) is 2.35. The van der Waals surface area contributed by atoms with Crippen LogP contribution in [0.1, 0.15) is 30.0 Å². The van der Waals surface area contributed by atoms with E-state index in [4.69, 9.17) is 11.0 Å². The number of hydrogen-bond acceptors (Lipinski definition) is 4. The van der Waals surface area contributed by atoms with E-state index in [1.165, 1.54) is 5.69 Å². The number of nitrogens with zero attached hydrogens (tertiary/aromatic N) is 3. The molecule has 0 aliphatic carbocycles. The van der Waals surface area contributed by atoms with Gasteiger partial charge in [0.2, 0.25) is 0 Å². The highest BCUT2D eigenvalue weighted by Gasteiger charge is 2.22. The fourth-order valence-electron chi connectivity index (χ4n) is 2.74. The average Bonchev–Trinajstić information content (AvgIpc) is 2.94. The third kappa shape index (κ3) is 2.45. The van der Waals surface area contributed by atoms with Crippen molar-refractivity contribution in [1.82, 2.24) is 10.2 Å². The zero-order chi connectivity index (χ0) is 13.9. The van der Waals surface area contributed by atoms with Gasteiger partial charge in [-0.15, -0.1) is 0 Å². The smallest absolute Gasteiger partial charge is 0.119 e. The number of hydrogen-bond donors (Lipinski definition) is 2. The number of nitrogen functional groups attached to an aromatic ring is 1. The van der Waals surface area contributed by atoms with E-state index in [9.17, 15) is 0 Å². The van der Waals surface area contributed by atoms with Crippen LogP contribution in [0.15, 0.2) is 30.3 Å². The summed E-state index contributed by atoms with van der Waals surface area (Å²) < 4.78 is 0. The first-order valence-corrected chi connectivity index (χ1v) is 6.82. The molecule has 0 bridgehead atoms. The third-order valence-corrected chi connectivity index (χ3v) is 3.89. The lowest BCUT2D eigenvalue weighted by Crippen LogP contribution is -2.32. The van der Waals surface area contributed by atoms with Crippen molar-refractivity contribution in [3.63, 3.8) is 0 Å². The van der Waals surface area contributed by atoms with E-state index in [-0.39, 0.29) is 0 Å². The molecule has 2 aromatic rings. The maximum absolute atomic E-state index is 8.82. The first kappa shape index (κ1) is 12.5. The van der Waals surface area contributed by atoms with Gasteiger partial charge in [-0.05, 0) is 37.1 Å². The van der Waals surface area contributed by atoms with Gasteiger partial charge in [0.1, 0.15) is 5.82 Å². The molecule has 0 radical (unpaired) electrons. The number of rotatable bonds is 2. The first-order chi connectivity index (χ1) is 9.76. The van der Waals surface area contributed by atoms with Crippen molar-refractivity contribution in [2.75, 3.05) is 23.7 Å². The second kappa shape index (κ2) is 5.25. The van der Waals surface area contributed by atoms with Gasteiger partial charge in [0.15, 0.2) is 0 Å². The molecule has 102 valence electrons. The van der Waals surface area contributed by atoms with Crippen LogP contribution in [-0.2, 0) is 0 Å². The van der Waals surface area contributed by atoms with Crippen LogP contribution >= 0.6 is 0 Å². The third-order valence-electron chi connectivity index (χ3n) is 3.89. The number of aromatic amines is 1. The number of nitriles is 1. The number of benzene rings is 1. The van der Waals surface area contributed by atoms with Crippen molar-refractivity contribution >= 4 is 11.5 Å². The monoisotopic (exact) mass is 267 g/mol. The van der Waals surface area contributed by atoms with Gasteiger partial charge in [0.25, 0.3) is 0 Å². The van der Waals surface area contributed by atoms with E-state index in [0.29, 0.717) is 17.3 Å². The Balaban J connectivity index is 1.64. The van der Waals surface area contributed by atoms with Gasteiger partial charge in [-0.25, -0.2) is 0 Å². The molecule has 2 heterocycles. The summed E-state index contributed by atoms with van der Waals surface area (Å²) in [6.45, 7) is 2.01. The number of piperidine rings is 1. The van der Waals surface area contributed by atoms with Gasteiger partial charge in [-0.2, -0.15) is 10.4 Å². The van der Waals surface area contributed by atoms with Crippen molar-refractivity contribution in [2.24, 2.45) is 0 Å². The SMILES string of the molecule is N#Cc1ccc(N2CCC(c3cc(N)[nH]n3)CC2)cc1. The quantitative estimate of drug-likeness (QED) is 0.874. The standard InChI is InChI=1S/C15H17N5/c16-10-11-1-3-13(4-2-11)20-7-5-12(6-8-20)14-9-15(17)19-18-14/h1-4,9,12H,5-8H2,(H3,17,18,19). The minimum absolute atomic E-state index is 0.484. The van der Waals surface area contributed by atoms with Crippen LogP contribution in [0.5, 0.6) is 0 Å². The Morgan fingerprint density at radius 2 is 1.95 bits per heavy atom. The molecule has 0 atom stereocenters. The zero-order valence-corrected chi connectivity index (χ0v) is 11.2. The van der Waals surface area contributed by atoms with Crippen LogP contribution in [0.2, 0.25) is 0 Å². The summed E-state index contributed by atoms with van der Waals surface area (Å²) in [5.74, 6) is 1.12. The summed E-state index contributed by atoms with van der Waals surface area (Å²) in [5, 5.41) is 15.9. The molecular formula is C15H17N5. The Morgan fingerprint density at radius 1 is 1.25 bits per heavy atom. The minimum Gasteiger partial charge on any atom is -0.384 e. The van der Waals surface area contributed by atoms with Crippen molar-refractivity contribution in [3.8, 4) is 6.07 Å². The lowest BCUT2D eigenvalue weighted by Gasteiger charge is -2.33. The Hall–Kier alpha value is -2.48. The van der Waals surface area contributed by atoms with Crippen molar-refractivity contribution in [2.45, 2.75) is 18.8 Å². The molecule has 0 spiro atoms. The maximum atomic E-state index is 8.82. The molecule has 3 N–H and O–H groups in total. The first-order valence-electron chi connectivity index (χ1n) is 6.82. The molecule has 1 aliphatic rings. The largest absolute Gasteiger partial charge is 0.384 e. The van der Waals surface area contributed by atoms with Gasteiger partial charge in [-0.1, -0.05) is 0 Å². The normalized spacial score (nSPS) is 16.1. The average molecular weight is 267 g/mol. The van der Waals surface area contributed by atoms with Crippen LogP contribution in [0.4, 0.5) is 11.5 Å². The molecular weight excluding hydrogens is 250 g/mol. The number of nitrogens with two attached hydrogens (primary N) is 1. The van der Waals surface area contributed by atoms with E-state index < -0.39 is 0 Å². The Morgan fingerprint density at radius 3 is 2.50 bits per heavy atom. The molecule has 0 amide bonds. The van der Waals surface area contributed by atoms with Gasteiger partial charge in [0.05, 0.1) is 17.3 Å². The van der Waals surface area contributed by atoms with E-state index in [2.05, 4.69) is 21.2 Å². The van der Waals surface area contributed by atoms with Crippen LogP contribution in [-0.4, -0.2) is 23.3 Å². The second-order valence-corrected chi connectivity index (χ2v) is 5.17. The van der Waals surface area contributed by atoms with Gasteiger partial charge >= 0.3 is 0 Å². The van der Waals surface area contributed by atoms with E-state index >= 15 is 0 Å². The molecule has 5 heteroatoms. The molecule has 1 aliphatic heterocycles. The Labute approximate surface area is 118 Å². The molecule has 3 rings (SSSR count). The molecule has 1 aromatic carbocycles. The van der Waals surface area contributed by atoms with Crippen LogP contribution in [0.25, 0.3) is 0 Å². The van der Waals surface area contributed by atoms with Crippen LogP contribution in [0.3, 0.4) is 0 Å². The zero-order valence-electron chi connectivity index (χ0n) is 11.2. The Kier molecular flexibility index (Phi) is 3.30.